The average Bonchev–Trinajstić information content (AvgIpc) is 2.53. The molecule has 2 aromatic rings. The molecular formula is C12H14F3N3. The molecule has 0 radical (unpaired) electrons. The molecule has 2 N–H and O–H groups in total. The molecule has 0 bridgehead atoms. The fourth-order valence-corrected chi connectivity index (χ4v) is 2.17. The highest BCUT2D eigenvalue weighted by atomic mass is 19.4. The molecule has 6 heteroatoms. The van der Waals surface area contributed by atoms with Gasteiger partial charge in [-0.15, -0.1) is 0 Å². The summed E-state index contributed by atoms with van der Waals surface area (Å²) in [5, 5.41) is 0. The van der Waals surface area contributed by atoms with Gasteiger partial charge in [-0.2, -0.15) is 13.2 Å². The Morgan fingerprint density at radius 3 is 2.39 bits per heavy atom. The summed E-state index contributed by atoms with van der Waals surface area (Å²) in [5.74, 6) is 0.658. The van der Waals surface area contributed by atoms with Gasteiger partial charge in [0.15, 0.2) is 0 Å². The molecule has 98 valence electrons. The van der Waals surface area contributed by atoms with E-state index >= 15 is 0 Å². The van der Waals surface area contributed by atoms with Crippen LogP contribution >= 0.6 is 0 Å². The van der Waals surface area contributed by atoms with Gasteiger partial charge in [0.05, 0.1) is 22.3 Å². The van der Waals surface area contributed by atoms with Crippen LogP contribution in [-0.4, -0.2) is 9.55 Å². The van der Waals surface area contributed by atoms with Gasteiger partial charge in [-0.25, -0.2) is 4.98 Å². The van der Waals surface area contributed by atoms with Crippen LogP contribution in [0.15, 0.2) is 12.1 Å². The Morgan fingerprint density at radius 2 is 1.89 bits per heavy atom. The summed E-state index contributed by atoms with van der Waals surface area (Å²) in [7, 11) is 0. The van der Waals surface area contributed by atoms with Crippen LogP contribution in [-0.2, 0) is 6.18 Å². The molecule has 0 saturated carbocycles. The van der Waals surface area contributed by atoms with E-state index in [9.17, 15) is 13.2 Å². The van der Waals surface area contributed by atoms with Crippen molar-refractivity contribution >= 4 is 16.7 Å². The molecule has 0 amide bonds. The van der Waals surface area contributed by atoms with E-state index in [2.05, 4.69) is 4.98 Å². The van der Waals surface area contributed by atoms with Crippen LogP contribution in [0, 0.1) is 6.92 Å². The van der Waals surface area contributed by atoms with Gasteiger partial charge in [0.1, 0.15) is 5.82 Å². The smallest absolute Gasteiger partial charge is 0.397 e. The van der Waals surface area contributed by atoms with E-state index in [0.29, 0.717) is 11.3 Å². The molecule has 1 heterocycles. The quantitative estimate of drug-likeness (QED) is 0.794. The highest BCUT2D eigenvalue weighted by molar-refractivity contribution is 5.89. The first kappa shape index (κ1) is 12.7. The maximum Gasteiger partial charge on any atom is 0.416 e. The van der Waals surface area contributed by atoms with Crippen molar-refractivity contribution in [2.24, 2.45) is 0 Å². The van der Waals surface area contributed by atoms with Gasteiger partial charge < -0.3 is 10.3 Å². The number of aryl methyl sites for hydroxylation is 1. The molecule has 1 aromatic carbocycles. The number of benzene rings is 1. The van der Waals surface area contributed by atoms with E-state index in [4.69, 9.17) is 5.73 Å². The van der Waals surface area contributed by atoms with Crippen LogP contribution in [0.5, 0.6) is 0 Å². The Labute approximate surface area is 102 Å². The highest BCUT2D eigenvalue weighted by Crippen LogP contribution is 2.35. The lowest BCUT2D eigenvalue weighted by atomic mass is 10.1. The Balaban J connectivity index is 2.78. The molecule has 0 spiro atoms. The molecule has 0 aliphatic carbocycles. The highest BCUT2D eigenvalue weighted by Gasteiger charge is 2.32. The fraction of sp³-hybridized carbons (Fsp3) is 0.417. The maximum absolute atomic E-state index is 12.7. The van der Waals surface area contributed by atoms with E-state index in [-0.39, 0.29) is 17.2 Å². The number of halogens is 3. The van der Waals surface area contributed by atoms with Crippen molar-refractivity contribution in [3.05, 3.63) is 23.5 Å². The van der Waals surface area contributed by atoms with Gasteiger partial charge >= 0.3 is 6.18 Å². The second kappa shape index (κ2) is 3.90. The van der Waals surface area contributed by atoms with Crippen LogP contribution in [0.25, 0.3) is 11.0 Å². The number of nitrogens with two attached hydrogens (primary N) is 1. The van der Waals surface area contributed by atoms with Crippen LogP contribution in [0.1, 0.15) is 31.3 Å². The van der Waals surface area contributed by atoms with Gasteiger partial charge in [-0.05, 0) is 32.9 Å². The number of anilines is 1. The molecule has 2 rings (SSSR count). The summed E-state index contributed by atoms with van der Waals surface area (Å²) in [6.45, 7) is 5.63. The molecule has 18 heavy (non-hydrogen) atoms. The van der Waals surface area contributed by atoms with Crippen molar-refractivity contribution in [2.75, 3.05) is 5.73 Å². The minimum Gasteiger partial charge on any atom is -0.397 e. The Morgan fingerprint density at radius 1 is 1.28 bits per heavy atom. The van der Waals surface area contributed by atoms with E-state index in [1.165, 1.54) is 0 Å². The molecule has 0 fully saturated rings. The monoisotopic (exact) mass is 257 g/mol. The molecule has 3 nitrogen and oxygen atoms in total. The van der Waals surface area contributed by atoms with Crippen molar-refractivity contribution in [3.63, 3.8) is 0 Å². The first-order valence-electron chi connectivity index (χ1n) is 5.57. The van der Waals surface area contributed by atoms with Crippen LogP contribution < -0.4 is 5.73 Å². The molecule has 0 saturated heterocycles. The van der Waals surface area contributed by atoms with Gasteiger partial charge in [0.25, 0.3) is 0 Å². The first-order chi connectivity index (χ1) is 8.21. The molecule has 0 unspecified atom stereocenters. The largest absolute Gasteiger partial charge is 0.416 e. The number of imidazole rings is 1. The third-order valence-corrected chi connectivity index (χ3v) is 2.83. The van der Waals surface area contributed by atoms with Crippen molar-refractivity contribution in [2.45, 2.75) is 33.0 Å². The van der Waals surface area contributed by atoms with E-state index in [1.807, 2.05) is 18.4 Å². The number of fused-ring (bicyclic) bond motifs is 1. The molecule has 0 atom stereocenters. The first-order valence-corrected chi connectivity index (χ1v) is 5.57. The number of hydrogen-bond donors (Lipinski definition) is 1. The molecular weight excluding hydrogens is 243 g/mol. The number of nitrogens with zero attached hydrogens (tertiary/aromatic N) is 2. The third kappa shape index (κ3) is 1.91. The van der Waals surface area contributed by atoms with Crippen molar-refractivity contribution in [3.8, 4) is 0 Å². The maximum atomic E-state index is 12.7. The summed E-state index contributed by atoms with van der Waals surface area (Å²) in [6.07, 6.45) is -4.40. The SMILES string of the molecule is Cc1nc2cc(C(F)(F)F)cc(N)c2n1C(C)C. The van der Waals surface area contributed by atoms with Gasteiger partial charge in [-0.3, -0.25) is 0 Å². The number of hydrogen-bond acceptors (Lipinski definition) is 2. The lowest BCUT2D eigenvalue weighted by Crippen LogP contribution is -2.08. The van der Waals surface area contributed by atoms with Crippen LogP contribution in [0.2, 0.25) is 0 Å². The van der Waals surface area contributed by atoms with Crippen molar-refractivity contribution < 1.29 is 13.2 Å². The molecule has 0 aliphatic rings. The third-order valence-electron chi connectivity index (χ3n) is 2.83. The van der Waals surface area contributed by atoms with E-state index in [1.54, 1.807) is 6.92 Å². The van der Waals surface area contributed by atoms with Gasteiger partial charge in [0, 0.05) is 6.04 Å². The van der Waals surface area contributed by atoms with Gasteiger partial charge in [-0.1, -0.05) is 0 Å². The lowest BCUT2D eigenvalue weighted by Gasteiger charge is -2.13. The summed E-state index contributed by atoms with van der Waals surface area (Å²) in [4.78, 5) is 4.15. The fourth-order valence-electron chi connectivity index (χ4n) is 2.17. The number of alkyl halides is 3. The Bertz CT molecular complexity index is 597. The van der Waals surface area contributed by atoms with Crippen molar-refractivity contribution in [1.29, 1.82) is 0 Å². The minimum atomic E-state index is -4.40. The average molecular weight is 257 g/mol. The summed E-state index contributed by atoms with van der Waals surface area (Å²) < 4.78 is 39.9. The predicted molar refractivity (Wildman–Crippen MR) is 64.3 cm³/mol. The standard InChI is InChI=1S/C12H14F3N3/c1-6(2)18-7(3)17-10-5-8(12(13,14)15)4-9(16)11(10)18/h4-6H,16H2,1-3H3. The van der Waals surface area contributed by atoms with E-state index in [0.717, 1.165) is 12.1 Å². The van der Waals surface area contributed by atoms with E-state index < -0.39 is 11.7 Å². The zero-order valence-corrected chi connectivity index (χ0v) is 10.3. The Kier molecular flexibility index (Phi) is 2.76. The number of aromatic nitrogens is 2. The van der Waals surface area contributed by atoms with Gasteiger partial charge in [0.2, 0.25) is 0 Å². The molecule has 1 aromatic heterocycles. The number of nitrogen functional groups attached to an aromatic ring is 1. The number of rotatable bonds is 1. The van der Waals surface area contributed by atoms with Crippen molar-refractivity contribution in [1.82, 2.24) is 9.55 Å². The zero-order valence-electron chi connectivity index (χ0n) is 10.3. The zero-order chi connectivity index (χ0) is 13.7. The second-order valence-corrected chi connectivity index (χ2v) is 4.55. The predicted octanol–water partition coefficient (Wildman–Crippen LogP) is 3.53. The molecule has 0 aliphatic heterocycles. The van der Waals surface area contributed by atoms with Crippen LogP contribution in [0.4, 0.5) is 18.9 Å². The summed E-state index contributed by atoms with van der Waals surface area (Å²) >= 11 is 0. The summed E-state index contributed by atoms with van der Waals surface area (Å²) in [5.41, 5.74) is 5.94. The lowest BCUT2D eigenvalue weighted by molar-refractivity contribution is -0.137. The Hall–Kier alpha value is -1.72. The second-order valence-electron chi connectivity index (χ2n) is 4.55. The topological polar surface area (TPSA) is 43.8 Å². The summed E-state index contributed by atoms with van der Waals surface area (Å²) in [6, 6.07) is 2.09. The minimum absolute atomic E-state index is 0.0917. The normalized spacial score (nSPS) is 12.6. The van der Waals surface area contributed by atoms with Crippen LogP contribution in [0.3, 0.4) is 0 Å².